The molecule has 0 fully saturated rings. The first-order valence-corrected chi connectivity index (χ1v) is 5.81. The molecule has 0 aliphatic heterocycles. The zero-order chi connectivity index (χ0) is 13.7. The SMILES string of the molecule is COCc1ccccc1NC(=O)c1cccc(N)n1. The van der Waals surface area contributed by atoms with Crippen molar-refractivity contribution in [1.29, 1.82) is 0 Å². The van der Waals surface area contributed by atoms with E-state index in [9.17, 15) is 4.79 Å². The Morgan fingerprint density at radius 1 is 1.26 bits per heavy atom. The molecule has 0 spiro atoms. The lowest BCUT2D eigenvalue weighted by molar-refractivity contribution is 0.102. The van der Waals surface area contributed by atoms with Crippen molar-refractivity contribution < 1.29 is 9.53 Å². The number of anilines is 2. The number of benzene rings is 1. The predicted octanol–water partition coefficient (Wildman–Crippen LogP) is 2.06. The van der Waals surface area contributed by atoms with E-state index in [0.717, 1.165) is 5.56 Å². The van der Waals surface area contributed by atoms with Crippen LogP contribution in [0.4, 0.5) is 11.5 Å². The molecule has 1 aromatic carbocycles. The highest BCUT2D eigenvalue weighted by atomic mass is 16.5. The van der Waals surface area contributed by atoms with E-state index in [2.05, 4.69) is 10.3 Å². The number of carbonyl (C=O) groups is 1. The molecule has 3 N–H and O–H groups in total. The lowest BCUT2D eigenvalue weighted by Gasteiger charge is -2.10. The van der Waals surface area contributed by atoms with Gasteiger partial charge >= 0.3 is 0 Å². The fraction of sp³-hybridized carbons (Fsp3) is 0.143. The largest absolute Gasteiger partial charge is 0.384 e. The number of rotatable bonds is 4. The van der Waals surface area contributed by atoms with Crippen molar-refractivity contribution in [3.05, 3.63) is 53.7 Å². The number of nitrogens with two attached hydrogens (primary N) is 1. The first kappa shape index (κ1) is 13.0. The van der Waals surface area contributed by atoms with Gasteiger partial charge in [-0.05, 0) is 18.2 Å². The summed E-state index contributed by atoms with van der Waals surface area (Å²) < 4.78 is 5.09. The highest BCUT2D eigenvalue weighted by molar-refractivity contribution is 6.03. The fourth-order valence-corrected chi connectivity index (χ4v) is 1.69. The maximum atomic E-state index is 12.1. The van der Waals surface area contributed by atoms with Crippen molar-refractivity contribution in [2.45, 2.75) is 6.61 Å². The van der Waals surface area contributed by atoms with Gasteiger partial charge in [-0.15, -0.1) is 0 Å². The molecule has 0 saturated heterocycles. The number of carbonyl (C=O) groups excluding carboxylic acids is 1. The van der Waals surface area contributed by atoms with Crippen molar-refractivity contribution in [1.82, 2.24) is 4.98 Å². The van der Waals surface area contributed by atoms with Gasteiger partial charge in [0.2, 0.25) is 0 Å². The molecular formula is C14H15N3O2. The van der Waals surface area contributed by atoms with Crippen LogP contribution in [0.15, 0.2) is 42.5 Å². The van der Waals surface area contributed by atoms with E-state index in [0.29, 0.717) is 18.1 Å². The number of amides is 1. The first-order valence-electron chi connectivity index (χ1n) is 5.81. The molecule has 1 aromatic heterocycles. The molecule has 0 saturated carbocycles. The molecule has 2 rings (SSSR count). The molecule has 1 amide bonds. The zero-order valence-corrected chi connectivity index (χ0v) is 10.6. The number of para-hydroxylation sites is 1. The van der Waals surface area contributed by atoms with Crippen LogP contribution in [0.2, 0.25) is 0 Å². The van der Waals surface area contributed by atoms with Gasteiger partial charge < -0.3 is 15.8 Å². The third kappa shape index (κ3) is 3.29. The molecule has 0 radical (unpaired) electrons. The second-order valence-electron chi connectivity index (χ2n) is 3.99. The van der Waals surface area contributed by atoms with Crippen molar-refractivity contribution in [2.75, 3.05) is 18.2 Å². The quantitative estimate of drug-likeness (QED) is 0.879. The maximum absolute atomic E-state index is 12.1. The van der Waals surface area contributed by atoms with E-state index in [1.54, 1.807) is 25.3 Å². The molecule has 0 bridgehead atoms. The Balaban J connectivity index is 2.19. The molecule has 0 unspecified atom stereocenters. The van der Waals surface area contributed by atoms with Crippen LogP contribution in [-0.2, 0) is 11.3 Å². The number of nitrogen functional groups attached to an aromatic ring is 1. The molecule has 1 heterocycles. The lowest BCUT2D eigenvalue weighted by atomic mass is 10.2. The van der Waals surface area contributed by atoms with Gasteiger partial charge in [-0.1, -0.05) is 24.3 Å². The second-order valence-corrected chi connectivity index (χ2v) is 3.99. The van der Waals surface area contributed by atoms with Crippen LogP contribution >= 0.6 is 0 Å². The topological polar surface area (TPSA) is 77.2 Å². The minimum absolute atomic E-state index is 0.284. The zero-order valence-electron chi connectivity index (χ0n) is 10.6. The van der Waals surface area contributed by atoms with E-state index in [1.165, 1.54) is 0 Å². The summed E-state index contributed by atoms with van der Waals surface area (Å²) in [6, 6.07) is 12.4. The smallest absolute Gasteiger partial charge is 0.274 e. The van der Waals surface area contributed by atoms with Crippen molar-refractivity contribution >= 4 is 17.4 Å². The van der Waals surface area contributed by atoms with E-state index < -0.39 is 0 Å². The first-order chi connectivity index (χ1) is 9.20. The Morgan fingerprint density at radius 3 is 2.79 bits per heavy atom. The number of ether oxygens (including phenoxy) is 1. The summed E-state index contributed by atoms with van der Waals surface area (Å²) in [7, 11) is 1.61. The van der Waals surface area contributed by atoms with Gasteiger partial charge in [0, 0.05) is 18.4 Å². The number of nitrogens with one attached hydrogen (secondary N) is 1. The Bertz CT molecular complexity index is 584. The highest BCUT2D eigenvalue weighted by Crippen LogP contribution is 2.16. The molecule has 0 atom stereocenters. The fourth-order valence-electron chi connectivity index (χ4n) is 1.69. The standard InChI is InChI=1S/C14H15N3O2/c1-19-9-10-5-2-3-6-11(10)17-14(18)12-7-4-8-13(15)16-12/h2-8H,9H2,1H3,(H2,15,16)(H,17,18). The van der Waals surface area contributed by atoms with Gasteiger partial charge in [-0.2, -0.15) is 0 Å². The van der Waals surface area contributed by atoms with E-state index in [-0.39, 0.29) is 11.6 Å². The molecule has 5 nitrogen and oxygen atoms in total. The Morgan fingerprint density at radius 2 is 2.05 bits per heavy atom. The minimum Gasteiger partial charge on any atom is -0.384 e. The van der Waals surface area contributed by atoms with Crippen molar-refractivity contribution in [2.24, 2.45) is 0 Å². The third-order valence-corrected chi connectivity index (χ3v) is 2.57. The average Bonchev–Trinajstić information content (AvgIpc) is 2.41. The van der Waals surface area contributed by atoms with Crippen molar-refractivity contribution in [3.8, 4) is 0 Å². The Labute approximate surface area is 111 Å². The maximum Gasteiger partial charge on any atom is 0.274 e. The Kier molecular flexibility index (Phi) is 4.10. The molecule has 0 aliphatic carbocycles. The summed E-state index contributed by atoms with van der Waals surface area (Å²) in [6.07, 6.45) is 0. The van der Waals surface area contributed by atoms with Crippen LogP contribution in [0, 0.1) is 0 Å². The van der Waals surface area contributed by atoms with Crippen LogP contribution in [0.1, 0.15) is 16.1 Å². The highest BCUT2D eigenvalue weighted by Gasteiger charge is 2.10. The number of aromatic nitrogens is 1. The van der Waals surface area contributed by atoms with Crippen LogP contribution in [0.25, 0.3) is 0 Å². The van der Waals surface area contributed by atoms with Crippen LogP contribution in [-0.4, -0.2) is 18.0 Å². The summed E-state index contributed by atoms with van der Waals surface area (Å²) >= 11 is 0. The van der Waals surface area contributed by atoms with E-state index >= 15 is 0 Å². The van der Waals surface area contributed by atoms with Gasteiger partial charge in [0.1, 0.15) is 11.5 Å². The molecule has 98 valence electrons. The van der Waals surface area contributed by atoms with Gasteiger partial charge in [-0.25, -0.2) is 4.98 Å². The van der Waals surface area contributed by atoms with Gasteiger partial charge in [0.05, 0.1) is 6.61 Å². The summed E-state index contributed by atoms with van der Waals surface area (Å²) in [6.45, 7) is 0.431. The van der Waals surface area contributed by atoms with Gasteiger partial charge in [-0.3, -0.25) is 4.79 Å². The number of methoxy groups -OCH3 is 1. The summed E-state index contributed by atoms with van der Waals surface area (Å²) in [5, 5.41) is 2.80. The number of nitrogens with zero attached hydrogens (tertiary/aromatic N) is 1. The van der Waals surface area contributed by atoms with Crippen LogP contribution in [0.5, 0.6) is 0 Å². The molecule has 2 aromatic rings. The lowest BCUT2D eigenvalue weighted by Crippen LogP contribution is -2.15. The molecule has 19 heavy (non-hydrogen) atoms. The monoisotopic (exact) mass is 257 g/mol. The third-order valence-electron chi connectivity index (χ3n) is 2.57. The normalized spacial score (nSPS) is 10.2. The summed E-state index contributed by atoms with van der Waals surface area (Å²) in [4.78, 5) is 16.0. The second kappa shape index (κ2) is 5.97. The number of pyridine rings is 1. The van der Waals surface area contributed by atoms with Gasteiger partial charge in [0.25, 0.3) is 5.91 Å². The van der Waals surface area contributed by atoms with E-state index in [1.807, 2.05) is 24.3 Å². The van der Waals surface area contributed by atoms with Gasteiger partial charge in [0.15, 0.2) is 0 Å². The van der Waals surface area contributed by atoms with E-state index in [4.69, 9.17) is 10.5 Å². The molecular weight excluding hydrogens is 242 g/mol. The Hall–Kier alpha value is -2.40. The predicted molar refractivity (Wildman–Crippen MR) is 73.8 cm³/mol. The minimum atomic E-state index is -0.296. The van der Waals surface area contributed by atoms with Crippen LogP contribution in [0.3, 0.4) is 0 Å². The molecule has 0 aliphatic rings. The molecule has 5 heteroatoms. The summed E-state index contributed by atoms with van der Waals surface area (Å²) in [5.74, 6) is 0.0219. The number of hydrogen-bond acceptors (Lipinski definition) is 4. The van der Waals surface area contributed by atoms with Crippen molar-refractivity contribution in [3.63, 3.8) is 0 Å². The number of hydrogen-bond donors (Lipinski definition) is 2. The summed E-state index contributed by atoms with van der Waals surface area (Å²) in [5.41, 5.74) is 7.45. The van der Waals surface area contributed by atoms with Crippen LogP contribution < -0.4 is 11.1 Å². The average molecular weight is 257 g/mol.